The number of para-hydroxylation sites is 1. The number of guanidine groups is 1. The fourth-order valence-corrected chi connectivity index (χ4v) is 3.40. The van der Waals surface area contributed by atoms with Gasteiger partial charge in [-0.2, -0.15) is 0 Å². The summed E-state index contributed by atoms with van der Waals surface area (Å²) in [4.78, 5) is 7.01. The molecule has 8 nitrogen and oxygen atoms in total. The van der Waals surface area contributed by atoms with Gasteiger partial charge in [0.1, 0.15) is 12.4 Å². The molecule has 1 aromatic carbocycles. The van der Waals surface area contributed by atoms with Crippen molar-refractivity contribution in [3.8, 4) is 0 Å². The molecule has 1 unspecified atom stereocenters. The van der Waals surface area contributed by atoms with Crippen LogP contribution in [0.5, 0.6) is 0 Å². The van der Waals surface area contributed by atoms with Gasteiger partial charge >= 0.3 is 0 Å². The molecule has 2 rings (SSSR count). The first-order valence-electron chi connectivity index (χ1n) is 11.7. The second-order valence-electron chi connectivity index (χ2n) is 8.38. The second-order valence-corrected chi connectivity index (χ2v) is 8.38. The molecule has 0 radical (unpaired) electrons. The summed E-state index contributed by atoms with van der Waals surface area (Å²) >= 11 is 0. The van der Waals surface area contributed by atoms with E-state index in [1.54, 1.807) is 0 Å². The van der Waals surface area contributed by atoms with E-state index in [2.05, 4.69) is 70.9 Å². The molecule has 0 amide bonds. The molecule has 2 aromatic rings. The van der Waals surface area contributed by atoms with Gasteiger partial charge in [-0.05, 0) is 44.7 Å². The van der Waals surface area contributed by atoms with Crippen LogP contribution in [0.4, 0.5) is 5.69 Å². The average molecular weight is 572 g/mol. The van der Waals surface area contributed by atoms with Crippen molar-refractivity contribution in [2.75, 3.05) is 38.2 Å². The van der Waals surface area contributed by atoms with Crippen molar-refractivity contribution in [2.24, 2.45) is 18.0 Å². The van der Waals surface area contributed by atoms with E-state index in [4.69, 9.17) is 9.73 Å². The molecule has 0 aliphatic carbocycles. The fourth-order valence-electron chi connectivity index (χ4n) is 3.40. The van der Waals surface area contributed by atoms with Gasteiger partial charge in [0.25, 0.3) is 0 Å². The number of aryl methyl sites for hydroxylation is 1. The highest BCUT2D eigenvalue weighted by atomic mass is 127. The summed E-state index contributed by atoms with van der Waals surface area (Å²) in [6.45, 7) is 12.2. The number of nitrogens with one attached hydrogen (secondary N) is 2. The van der Waals surface area contributed by atoms with Gasteiger partial charge < -0.3 is 24.8 Å². The van der Waals surface area contributed by atoms with Gasteiger partial charge in [-0.15, -0.1) is 34.2 Å². The van der Waals surface area contributed by atoms with Gasteiger partial charge in [0.05, 0.1) is 6.10 Å². The van der Waals surface area contributed by atoms with E-state index in [1.807, 2.05) is 31.5 Å². The highest BCUT2D eigenvalue weighted by Gasteiger charge is 2.13. The quantitative estimate of drug-likeness (QED) is 0.165. The zero-order chi connectivity index (χ0) is 23.3. The van der Waals surface area contributed by atoms with Gasteiger partial charge in [0, 0.05) is 46.0 Å². The first-order chi connectivity index (χ1) is 15.4. The minimum absolute atomic E-state index is 0. The monoisotopic (exact) mass is 571 g/mol. The Labute approximate surface area is 216 Å². The Morgan fingerprint density at radius 1 is 1.15 bits per heavy atom. The zero-order valence-electron chi connectivity index (χ0n) is 21.0. The average Bonchev–Trinajstić information content (AvgIpc) is 3.11. The van der Waals surface area contributed by atoms with Gasteiger partial charge in [0.2, 0.25) is 0 Å². The number of aromatic nitrogens is 3. The molecule has 0 spiro atoms. The van der Waals surface area contributed by atoms with Crippen molar-refractivity contribution < 1.29 is 4.74 Å². The van der Waals surface area contributed by atoms with Crippen LogP contribution in [-0.2, 0) is 18.3 Å². The predicted molar refractivity (Wildman–Crippen MR) is 147 cm³/mol. The summed E-state index contributed by atoms with van der Waals surface area (Å²) in [5.74, 6) is 3.02. The first kappa shape index (κ1) is 29.2. The molecule has 1 heterocycles. The third-order valence-corrected chi connectivity index (χ3v) is 5.57. The van der Waals surface area contributed by atoms with E-state index >= 15 is 0 Å². The van der Waals surface area contributed by atoms with E-state index in [0.717, 1.165) is 56.7 Å². The first-order valence-corrected chi connectivity index (χ1v) is 11.7. The standard InChI is InChI=1S/C24H41N7O.HI/c1-7-32-22(19(2)3)14-16-26-24(27-18-23-29-28-20(4)31(23)6)25-15-11-17-30(5)21-12-9-8-10-13-21;/h8-10,12-13,19,22H,7,11,14-18H2,1-6H3,(H2,25,26,27);1H. The van der Waals surface area contributed by atoms with Crippen LogP contribution in [0.15, 0.2) is 35.3 Å². The van der Waals surface area contributed by atoms with Crippen molar-refractivity contribution in [1.29, 1.82) is 0 Å². The number of rotatable bonds is 13. The number of benzene rings is 1. The van der Waals surface area contributed by atoms with Crippen molar-refractivity contribution >= 4 is 35.6 Å². The topological polar surface area (TPSA) is 79.6 Å². The van der Waals surface area contributed by atoms with Crippen molar-refractivity contribution in [3.63, 3.8) is 0 Å². The Morgan fingerprint density at radius 2 is 1.85 bits per heavy atom. The number of anilines is 1. The lowest BCUT2D eigenvalue weighted by Gasteiger charge is -2.22. The normalized spacial score (nSPS) is 12.4. The minimum Gasteiger partial charge on any atom is -0.378 e. The van der Waals surface area contributed by atoms with Crippen LogP contribution in [-0.4, -0.2) is 60.1 Å². The van der Waals surface area contributed by atoms with E-state index in [9.17, 15) is 0 Å². The largest absolute Gasteiger partial charge is 0.378 e. The number of ether oxygens (including phenoxy) is 1. The Balaban J connectivity index is 0.00000544. The molecule has 0 bridgehead atoms. The third-order valence-electron chi connectivity index (χ3n) is 5.57. The molecule has 0 fully saturated rings. The summed E-state index contributed by atoms with van der Waals surface area (Å²) in [5, 5.41) is 15.3. The number of hydrogen-bond donors (Lipinski definition) is 2. The van der Waals surface area contributed by atoms with Gasteiger partial charge in [-0.1, -0.05) is 32.0 Å². The molecular formula is C24H42IN7O. The van der Waals surface area contributed by atoms with Crippen molar-refractivity contribution in [1.82, 2.24) is 25.4 Å². The third kappa shape index (κ3) is 10.3. The van der Waals surface area contributed by atoms with Gasteiger partial charge in [-0.3, -0.25) is 0 Å². The van der Waals surface area contributed by atoms with Crippen LogP contribution in [0.2, 0.25) is 0 Å². The Morgan fingerprint density at radius 3 is 2.45 bits per heavy atom. The highest BCUT2D eigenvalue weighted by Crippen LogP contribution is 2.11. The van der Waals surface area contributed by atoms with Crippen molar-refractivity contribution in [3.05, 3.63) is 42.0 Å². The zero-order valence-corrected chi connectivity index (χ0v) is 23.4. The molecule has 186 valence electrons. The smallest absolute Gasteiger partial charge is 0.191 e. The van der Waals surface area contributed by atoms with Crippen LogP contribution >= 0.6 is 24.0 Å². The Hall–Kier alpha value is -1.88. The maximum atomic E-state index is 5.87. The molecule has 0 aliphatic rings. The van der Waals surface area contributed by atoms with Crippen LogP contribution in [0, 0.1) is 12.8 Å². The Bertz CT molecular complexity index is 810. The highest BCUT2D eigenvalue weighted by molar-refractivity contribution is 14.0. The molecular weight excluding hydrogens is 529 g/mol. The lowest BCUT2D eigenvalue weighted by molar-refractivity contribution is 0.0258. The molecule has 9 heteroatoms. The van der Waals surface area contributed by atoms with E-state index in [1.165, 1.54) is 5.69 Å². The molecule has 0 saturated heterocycles. The number of halogens is 1. The summed E-state index contributed by atoms with van der Waals surface area (Å²) in [6, 6.07) is 10.4. The van der Waals surface area contributed by atoms with Gasteiger partial charge in [-0.25, -0.2) is 4.99 Å². The van der Waals surface area contributed by atoms with Crippen LogP contribution in [0.25, 0.3) is 0 Å². The maximum Gasteiger partial charge on any atom is 0.191 e. The summed E-state index contributed by atoms with van der Waals surface area (Å²) < 4.78 is 7.84. The van der Waals surface area contributed by atoms with Crippen molar-refractivity contribution in [2.45, 2.75) is 53.2 Å². The minimum atomic E-state index is 0. The number of aliphatic imine (C=N–C) groups is 1. The Kier molecular flexibility index (Phi) is 14.0. The molecule has 0 aliphatic heterocycles. The number of nitrogens with zero attached hydrogens (tertiary/aromatic N) is 5. The lowest BCUT2D eigenvalue weighted by Crippen LogP contribution is -2.40. The molecule has 1 atom stereocenters. The summed E-state index contributed by atoms with van der Waals surface area (Å²) in [5.41, 5.74) is 1.23. The fraction of sp³-hybridized carbons (Fsp3) is 0.625. The molecule has 0 saturated carbocycles. The maximum absolute atomic E-state index is 5.87. The SMILES string of the molecule is CCOC(CCNC(=NCc1nnc(C)n1C)NCCCN(C)c1ccccc1)C(C)C.I. The summed E-state index contributed by atoms with van der Waals surface area (Å²) in [7, 11) is 4.09. The lowest BCUT2D eigenvalue weighted by atomic mass is 10.0. The van der Waals surface area contributed by atoms with Gasteiger partial charge in [0.15, 0.2) is 11.8 Å². The predicted octanol–water partition coefficient (Wildman–Crippen LogP) is 3.75. The number of hydrogen-bond acceptors (Lipinski definition) is 5. The van der Waals surface area contributed by atoms with Crippen LogP contribution in [0.3, 0.4) is 0 Å². The van der Waals surface area contributed by atoms with E-state index < -0.39 is 0 Å². The molecule has 1 aromatic heterocycles. The van der Waals surface area contributed by atoms with E-state index in [0.29, 0.717) is 12.5 Å². The van der Waals surface area contributed by atoms with Crippen LogP contribution < -0.4 is 15.5 Å². The van der Waals surface area contributed by atoms with E-state index in [-0.39, 0.29) is 30.1 Å². The summed E-state index contributed by atoms with van der Waals surface area (Å²) in [6.07, 6.45) is 2.18. The second kappa shape index (κ2) is 15.9. The molecule has 33 heavy (non-hydrogen) atoms. The van der Waals surface area contributed by atoms with Crippen LogP contribution in [0.1, 0.15) is 45.3 Å². The molecule has 2 N–H and O–H groups in total.